The first kappa shape index (κ1) is 26.8. The first-order valence-electron chi connectivity index (χ1n) is 13.2. The van der Waals surface area contributed by atoms with E-state index in [1.165, 1.54) is 0 Å². The molecule has 3 aromatic carbocycles. The number of hydrogen-bond donors (Lipinski definition) is 1. The summed E-state index contributed by atoms with van der Waals surface area (Å²) in [6.07, 6.45) is 0.912. The summed E-state index contributed by atoms with van der Waals surface area (Å²) in [5.41, 5.74) is 2.93. The molecular weight excluding hydrogens is 516 g/mol. The van der Waals surface area contributed by atoms with Gasteiger partial charge in [0.1, 0.15) is 0 Å². The van der Waals surface area contributed by atoms with Gasteiger partial charge in [0.2, 0.25) is 0 Å². The van der Waals surface area contributed by atoms with Gasteiger partial charge in [-0.1, -0.05) is 54.6 Å². The first-order valence-corrected chi connectivity index (χ1v) is 14.4. The maximum Gasteiger partial charge on any atom is 0.259 e. The molecule has 8 heteroatoms. The van der Waals surface area contributed by atoms with Gasteiger partial charge in [-0.15, -0.1) is 0 Å². The lowest BCUT2D eigenvalue weighted by atomic mass is 10.1. The third-order valence-electron chi connectivity index (χ3n) is 7.20. The molecule has 1 fully saturated rings. The standard InChI is InChI=1S/C30H33ClN4O2S/c1-2-33-16-18-34(19-17-33)15-5-14-32-29(36)23-10-13-28-26(20-23)35(21-22-8-11-24(31)12-9-22)30(37)25-6-3-4-7-27(25)38-28/h3-4,6-13,20H,2,5,14-19,21H2,1H3,(H,32,36). The van der Waals surface area contributed by atoms with E-state index < -0.39 is 0 Å². The minimum absolute atomic E-state index is 0.0810. The maximum absolute atomic E-state index is 13.7. The molecule has 2 heterocycles. The van der Waals surface area contributed by atoms with Gasteiger partial charge in [-0.2, -0.15) is 0 Å². The molecule has 2 amide bonds. The van der Waals surface area contributed by atoms with Gasteiger partial charge >= 0.3 is 0 Å². The van der Waals surface area contributed by atoms with Crippen molar-refractivity contribution < 1.29 is 9.59 Å². The summed E-state index contributed by atoms with van der Waals surface area (Å²) in [7, 11) is 0. The third kappa shape index (κ3) is 6.24. The molecule has 2 aliphatic heterocycles. The van der Waals surface area contributed by atoms with Crippen LogP contribution in [0.25, 0.3) is 0 Å². The number of benzene rings is 3. The molecule has 0 atom stereocenters. The number of nitrogens with one attached hydrogen (secondary N) is 1. The Hall–Kier alpha value is -2.84. The SMILES string of the molecule is CCN1CCN(CCCNC(=O)c2ccc3c(c2)N(Cc2ccc(Cl)cc2)C(=O)c2ccccc2S3)CC1. The van der Waals surface area contributed by atoms with E-state index in [2.05, 4.69) is 22.0 Å². The molecular formula is C30H33ClN4O2S. The second kappa shape index (κ2) is 12.3. The number of halogens is 1. The minimum Gasteiger partial charge on any atom is -0.352 e. The summed E-state index contributed by atoms with van der Waals surface area (Å²) >= 11 is 7.65. The van der Waals surface area contributed by atoms with Crippen LogP contribution < -0.4 is 10.2 Å². The van der Waals surface area contributed by atoms with Crippen molar-refractivity contribution >= 4 is 40.9 Å². The van der Waals surface area contributed by atoms with E-state index in [4.69, 9.17) is 11.6 Å². The average molecular weight is 549 g/mol. The fraction of sp³-hybridized carbons (Fsp3) is 0.333. The Morgan fingerprint density at radius 2 is 1.68 bits per heavy atom. The Morgan fingerprint density at radius 3 is 2.45 bits per heavy atom. The molecule has 5 rings (SSSR count). The molecule has 0 aliphatic carbocycles. The van der Waals surface area contributed by atoms with Crippen LogP contribution in [-0.2, 0) is 6.54 Å². The Labute approximate surface area is 233 Å². The zero-order valence-electron chi connectivity index (χ0n) is 21.7. The van der Waals surface area contributed by atoms with Gasteiger partial charge in [-0.3, -0.25) is 9.59 Å². The Kier molecular flexibility index (Phi) is 8.69. The fourth-order valence-corrected chi connectivity index (χ4v) is 6.11. The number of fused-ring (bicyclic) bond motifs is 2. The molecule has 0 spiro atoms. The van der Waals surface area contributed by atoms with Crippen LogP contribution in [0.4, 0.5) is 5.69 Å². The molecule has 38 heavy (non-hydrogen) atoms. The van der Waals surface area contributed by atoms with Gasteiger partial charge in [-0.25, -0.2) is 0 Å². The monoisotopic (exact) mass is 548 g/mol. The van der Waals surface area contributed by atoms with Crippen LogP contribution in [0.3, 0.4) is 0 Å². The number of anilines is 1. The highest BCUT2D eigenvalue weighted by atomic mass is 35.5. The number of piperazine rings is 1. The van der Waals surface area contributed by atoms with Gasteiger partial charge in [0.05, 0.1) is 17.8 Å². The van der Waals surface area contributed by atoms with Crippen molar-refractivity contribution in [3.8, 4) is 0 Å². The normalized spacial score (nSPS) is 16.1. The number of likely N-dealkylation sites (N-methyl/N-ethyl adjacent to an activating group) is 1. The number of amides is 2. The number of carbonyl (C=O) groups is 2. The van der Waals surface area contributed by atoms with E-state index in [-0.39, 0.29) is 11.8 Å². The molecule has 6 nitrogen and oxygen atoms in total. The van der Waals surface area contributed by atoms with E-state index in [0.717, 1.165) is 66.7 Å². The summed E-state index contributed by atoms with van der Waals surface area (Å²) in [6, 6.07) is 20.8. The highest BCUT2D eigenvalue weighted by Gasteiger charge is 2.28. The summed E-state index contributed by atoms with van der Waals surface area (Å²) in [4.78, 5) is 35.4. The molecule has 2 aliphatic rings. The van der Waals surface area contributed by atoms with Crippen molar-refractivity contribution in [3.05, 3.63) is 88.4 Å². The van der Waals surface area contributed by atoms with E-state index in [1.807, 2.05) is 66.7 Å². The molecule has 0 aromatic heterocycles. The lowest BCUT2D eigenvalue weighted by molar-refractivity contribution is 0.0945. The number of hydrogen-bond acceptors (Lipinski definition) is 5. The van der Waals surface area contributed by atoms with Crippen molar-refractivity contribution in [1.29, 1.82) is 0 Å². The van der Waals surface area contributed by atoms with Crippen molar-refractivity contribution in [2.24, 2.45) is 0 Å². The van der Waals surface area contributed by atoms with Gasteiger partial charge in [0.25, 0.3) is 11.8 Å². The van der Waals surface area contributed by atoms with E-state index in [0.29, 0.717) is 29.2 Å². The highest BCUT2D eigenvalue weighted by Crippen LogP contribution is 2.42. The van der Waals surface area contributed by atoms with Gasteiger partial charge in [0, 0.05) is 53.1 Å². The molecule has 1 N–H and O–H groups in total. The zero-order chi connectivity index (χ0) is 26.5. The summed E-state index contributed by atoms with van der Waals surface area (Å²) in [5.74, 6) is -0.197. The van der Waals surface area contributed by atoms with Crippen molar-refractivity contribution in [2.75, 3.05) is 50.7 Å². The predicted molar refractivity (Wildman–Crippen MR) is 154 cm³/mol. The lowest BCUT2D eigenvalue weighted by Gasteiger charge is -2.33. The average Bonchev–Trinajstić information content (AvgIpc) is 3.06. The first-order chi connectivity index (χ1) is 18.5. The number of rotatable bonds is 8. The summed E-state index contributed by atoms with van der Waals surface area (Å²) in [5, 5.41) is 3.73. The quantitative estimate of drug-likeness (QED) is 0.382. The fourth-order valence-electron chi connectivity index (χ4n) is 4.93. The molecule has 3 aromatic rings. The second-order valence-electron chi connectivity index (χ2n) is 9.68. The molecule has 0 saturated carbocycles. The van der Waals surface area contributed by atoms with Crippen LogP contribution in [0.15, 0.2) is 76.5 Å². The van der Waals surface area contributed by atoms with Crippen LogP contribution in [0.2, 0.25) is 5.02 Å². The number of nitrogens with zero attached hydrogens (tertiary/aromatic N) is 3. The molecule has 1 saturated heterocycles. The van der Waals surface area contributed by atoms with Crippen LogP contribution in [0, 0.1) is 0 Å². The predicted octanol–water partition coefficient (Wildman–Crippen LogP) is 5.41. The van der Waals surface area contributed by atoms with Crippen LogP contribution in [0.5, 0.6) is 0 Å². The topological polar surface area (TPSA) is 55.9 Å². The van der Waals surface area contributed by atoms with Crippen LogP contribution in [-0.4, -0.2) is 67.4 Å². The largest absolute Gasteiger partial charge is 0.352 e. The maximum atomic E-state index is 13.7. The van der Waals surface area contributed by atoms with Crippen molar-refractivity contribution in [2.45, 2.75) is 29.7 Å². The third-order valence-corrected chi connectivity index (χ3v) is 8.59. The van der Waals surface area contributed by atoms with Crippen molar-refractivity contribution in [3.63, 3.8) is 0 Å². The highest BCUT2D eigenvalue weighted by molar-refractivity contribution is 7.99. The summed E-state index contributed by atoms with van der Waals surface area (Å²) in [6.45, 7) is 9.71. The zero-order valence-corrected chi connectivity index (χ0v) is 23.2. The van der Waals surface area contributed by atoms with Gasteiger partial charge in [0.15, 0.2) is 0 Å². The summed E-state index contributed by atoms with van der Waals surface area (Å²) < 4.78 is 0. The van der Waals surface area contributed by atoms with E-state index in [9.17, 15) is 9.59 Å². The Bertz CT molecular complexity index is 1290. The van der Waals surface area contributed by atoms with Gasteiger partial charge in [-0.05, 0) is 67.5 Å². The number of carbonyl (C=O) groups excluding carboxylic acids is 2. The van der Waals surface area contributed by atoms with E-state index >= 15 is 0 Å². The van der Waals surface area contributed by atoms with Crippen LogP contribution >= 0.6 is 23.4 Å². The smallest absolute Gasteiger partial charge is 0.259 e. The lowest BCUT2D eigenvalue weighted by Crippen LogP contribution is -2.46. The second-order valence-corrected chi connectivity index (χ2v) is 11.2. The molecule has 0 radical (unpaired) electrons. The van der Waals surface area contributed by atoms with Crippen LogP contribution in [0.1, 0.15) is 39.6 Å². The van der Waals surface area contributed by atoms with Crippen molar-refractivity contribution in [1.82, 2.24) is 15.1 Å². The minimum atomic E-state index is -0.116. The molecule has 198 valence electrons. The van der Waals surface area contributed by atoms with E-state index in [1.54, 1.807) is 16.7 Å². The molecule has 0 bridgehead atoms. The Balaban J connectivity index is 1.30. The molecule has 0 unspecified atom stereocenters. The Morgan fingerprint density at radius 1 is 0.947 bits per heavy atom. The van der Waals surface area contributed by atoms with Gasteiger partial charge < -0.3 is 20.0 Å².